The van der Waals surface area contributed by atoms with Crippen molar-refractivity contribution in [1.82, 2.24) is 3.96 Å². The molecule has 0 radical (unpaired) electrons. The van der Waals surface area contributed by atoms with Crippen LogP contribution in [0.5, 0.6) is 0 Å². The van der Waals surface area contributed by atoms with Crippen LogP contribution in [0.4, 0.5) is 0 Å². The molecule has 2 nitrogen and oxygen atoms in total. The minimum Gasteiger partial charge on any atom is -0.268 e. The molecule has 0 aliphatic rings. The Morgan fingerprint density at radius 1 is 1.21 bits per heavy atom. The molecular formula is C11H13NOS. The maximum atomic E-state index is 11.9. The highest BCUT2D eigenvalue weighted by Crippen LogP contribution is 2.22. The lowest BCUT2D eigenvalue weighted by atomic mass is 10.1. The Morgan fingerprint density at radius 2 is 1.86 bits per heavy atom. The van der Waals surface area contributed by atoms with Crippen molar-refractivity contribution < 1.29 is 0 Å². The van der Waals surface area contributed by atoms with Crippen molar-refractivity contribution in [3.63, 3.8) is 0 Å². The average Bonchev–Trinajstić information content (AvgIpc) is 2.44. The summed E-state index contributed by atoms with van der Waals surface area (Å²) in [6.07, 6.45) is 0. The fourth-order valence-corrected chi connectivity index (χ4v) is 2.46. The van der Waals surface area contributed by atoms with Gasteiger partial charge in [-0.2, -0.15) is 0 Å². The highest BCUT2D eigenvalue weighted by atomic mass is 32.1. The molecule has 0 aliphatic heterocycles. The first kappa shape index (κ1) is 9.46. The van der Waals surface area contributed by atoms with Gasteiger partial charge in [0, 0.05) is 0 Å². The van der Waals surface area contributed by atoms with E-state index in [0.29, 0.717) is 0 Å². The van der Waals surface area contributed by atoms with Crippen LogP contribution in [0, 0.1) is 0 Å². The van der Waals surface area contributed by atoms with Crippen LogP contribution in [0.2, 0.25) is 0 Å². The molecule has 0 saturated heterocycles. The third-order valence-corrected chi connectivity index (χ3v) is 3.55. The van der Waals surface area contributed by atoms with Crippen molar-refractivity contribution in [3.8, 4) is 0 Å². The molecule has 0 unspecified atom stereocenters. The number of aromatic nitrogens is 1. The monoisotopic (exact) mass is 207 g/mol. The van der Waals surface area contributed by atoms with Crippen LogP contribution >= 0.6 is 11.5 Å². The molecule has 0 atom stereocenters. The summed E-state index contributed by atoms with van der Waals surface area (Å²) in [6, 6.07) is 7.74. The van der Waals surface area contributed by atoms with E-state index in [1.165, 1.54) is 11.5 Å². The van der Waals surface area contributed by atoms with Gasteiger partial charge in [0.25, 0.3) is 5.56 Å². The summed E-state index contributed by atoms with van der Waals surface area (Å²) in [5.41, 5.74) is -0.000995. The normalized spacial score (nSPS) is 12.2. The Hall–Kier alpha value is -1.09. The third-order valence-electron chi connectivity index (χ3n) is 2.10. The lowest BCUT2D eigenvalue weighted by Gasteiger charge is -2.17. The number of fused-ring (bicyclic) bond motifs is 1. The predicted octanol–water partition coefficient (Wildman–Crippen LogP) is 2.82. The molecule has 0 bridgehead atoms. The molecular weight excluding hydrogens is 194 g/mol. The van der Waals surface area contributed by atoms with Gasteiger partial charge in [-0.15, -0.1) is 0 Å². The summed E-state index contributed by atoms with van der Waals surface area (Å²) >= 11 is 1.53. The average molecular weight is 207 g/mol. The quantitative estimate of drug-likeness (QED) is 0.651. The van der Waals surface area contributed by atoms with Crippen molar-refractivity contribution >= 4 is 21.6 Å². The summed E-state index contributed by atoms with van der Waals surface area (Å²) in [4.78, 5) is 11.9. The van der Waals surface area contributed by atoms with Gasteiger partial charge in [-0.3, -0.25) is 8.75 Å². The van der Waals surface area contributed by atoms with Crippen molar-refractivity contribution in [2.75, 3.05) is 0 Å². The van der Waals surface area contributed by atoms with Crippen LogP contribution in [-0.2, 0) is 5.54 Å². The largest absolute Gasteiger partial charge is 0.269 e. The van der Waals surface area contributed by atoms with Gasteiger partial charge in [0.2, 0.25) is 0 Å². The Morgan fingerprint density at radius 3 is 2.43 bits per heavy atom. The molecule has 2 rings (SSSR count). The third kappa shape index (κ3) is 1.38. The first-order chi connectivity index (χ1) is 6.50. The molecule has 1 aromatic heterocycles. The molecule has 0 spiro atoms. The molecule has 3 heteroatoms. The fourth-order valence-electron chi connectivity index (χ4n) is 1.41. The van der Waals surface area contributed by atoms with Crippen LogP contribution in [-0.4, -0.2) is 3.96 Å². The molecule has 0 fully saturated rings. The number of benzene rings is 1. The van der Waals surface area contributed by atoms with Crippen molar-refractivity contribution in [3.05, 3.63) is 34.6 Å². The highest BCUT2D eigenvalue weighted by molar-refractivity contribution is 7.13. The van der Waals surface area contributed by atoms with Crippen molar-refractivity contribution in [1.29, 1.82) is 0 Å². The summed E-state index contributed by atoms with van der Waals surface area (Å²) < 4.78 is 2.89. The second-order valence-electron chi connectivity index (χ2n) is 4.36. The highest BCUT2D eigenvalue weighted by Gasteiger charge is 2.18. The molecule has 0 amide bonds. The summed E-state index contributed by atoms with van der Waals surface area (Å²) in [5.74, 6) is 0. The zero-order valence-corrected chi connectivity index (χ0v) is 9.39. The van der Waals surface area contributed by atoms with E-state index in [1.807, 2.05) is 49.0 Å². The van der Waals surface area contributed by atoms with E-state index in [2.05, 4.69) is 0 Å². The SMILES string of the molecule is CC(C)(C)n1sc2ccccc2c1=O. The standard InChI is InChI=1S/C11H13NOS/c1-11(2,3)12-10(13)8-6-4-5-7-9(8)14-12/h4-7H,1-3H3. The molecule has 1 aromatic carbocycles. The maximum absolute atomic E-state index is 11.9. The Balaban J connectivity index is 2.82. The number of nitrogens with zero attached hydrogens (tertiary/aromatic N) is 1. The molecule has 74 valence electrons. The van der Waals surface area contributed by atoms with Crippen LogP contribution in [0.15, 0.2) is 29.1 Å². The smallest absolute Gasteiger partial charge is 0.268 e. The molecule has 2 aromatic rings. The number of hydrogen-bond donors (Lipinski definition) is 0. The number of rotatable bonds is 0. The fraction of sp³-hybridized carbons (Fsp3) is 0.364. The zero-order chi connectivity index (χ0) is 10.3. The topological polar surface area (TPSA) is 22.0 Å². The Labute approximate surface area is 86.9 Å². The van der Waals surface area contributed by atoms with E-state index in [4.69, 9.17) is 0 Å². The van der Waals surface area contributed by atoms with Crippen LogP contribution in [0.1, 0.15) is 20.8 Å². The second-order valence-corrected chi connectivity index (χ2v) is 5.35. The summed E-state index contributed by atoms with van der Waals surface area (Å²) in [7, 11) is 0. The Bertz CT molecular complexity index is 516. The van der Waals surface area contributed by atoms with Gasteiger partial charge in [0.1, 0.15) is 0 Å². The van der Waals surface area contributed by atoms with E-state index >= 15 is 0 Å². The van der Waals surface area contributed by atoms with Gasteiger partial charge in [-0.05, 0) is 32.9 Å². The lowest BCUT2D eigenvalue weighted by Crippen LogP contribution is -2.29. The van der Waals surface area contributed by atoms with Crippen LogP contribution in [0.3, 0.4) is 0 Å². The molecule has 1 heterocycles. The van der Waals surface area contributed by atoms with Gasteiger partial charge in [0.05, 0.1) is 15.6 Å². The summed E-state index contributed by atoms with van der Waals surface area (Å²) in [5, 5.41) is 0.826. The Kier molecular flexibility index (Phi) is 2.00. The van der Waals surface area contributed by atoms with Crippen molar-refractivity contribution in [2.24, 2.45) is 0 Å². The molecule has 0 saturated carbocycles. The second kappa shape index (κ2) is 2.95. The zero-order valence-electron chi connectivity index (χ0n) is 8.57. The minimum atomic E-state index is -0.124. The van der Waals surface area contributed by atoms with Gasteiger partial charge < -0.3 is 0 Å². The van der Waals surface area contributed by atoms with E-state index in [-0.39, 0.29) is 11.1 Å². The molecule has 0 N–H and O–H groups in total. The van der Waals surface area contributed by atoms with Crippen molar-refractivity contribution in [2.45, 2.75) is 26.3 Å². The van der Waals surface area contributed by atoms with Crippen LogP contribution in [0.25, 0.3) is 10.1 Å². The minimum absolute atomic E-state index is 0.123. The van der Waals surface area contributed by atoms with E-state index in [0.717, 1.165) is 10.1 Å². The lowest BCUT2D eigenvalue weighted by molar-refractivity contribution is 0.420. The molecule has 0 aliphatic carbocycles. The van der Waals surface area contributed by atoms with Crippen LogP contribution < -0.4 is 5.56 Å². The van der Waals surface area contributed by atoms with Gasteiger partial charge >= 0.3 is 0 Å². The summed E-state index contributed by atoms with van der Waals surface area (Å²) in [6.45, 7) is 6.14. The molecule has 14 heavy (non-hydrogen) atoms. The van der Waals surface area contributed by atoms with E-state index in [1.54, 1.807) is 0 Å². The maximum Gasteiger partial charge on any atom is 0.269 e. The van der Waals surface area contributed by atoms with E-state index < -0.39 is 0 Å². The number of hydrogen-bond acceptors (Lipinski definition) is 2. The first-order valence-corrected chi connectivity index (χ1v) is 5.39. The predicted molar refractivity (Wildman–Crippen MR) is 61.1 cm³/mol. The van der Waals surface area contributed by atoms with Gasteiger partial charge in [-0.25, -0.2) is 0 Å². The van der Waals surface area contributed by atoms with Gasteiger partial charge in [-0.1, -0.05) is 23.7 Å². The first-order valence-electron chi connectivity index (χ1n) is 4.62. The van der Waals surface area contributed by atoms with E-state index in [9.17, 15) is 4.79 Å². The van der Waals surface area contributed by atoms with Gasteiger partial charge in [0.15, 0.2) is 0 Å².